The van der Waals surface area contributed by atoms with Gasteiger partial charge in [-0.25, -0.2) is 19.3 Å². The average Bonchev–Trinajstić information content (AvgIpc) is 3.52. The van der Waals surface area contributed by atoms with E-state index in [0.717, 1.165) is 35.6 Å². The third kappa shape index (κ3) is 3.09. The van der Waals surface area contributed by atoms with Crippen molar-refractivity contribution in [3.63, 3.8) is 0 Å². The van der Waals surface area contributed by atoms with Gasteiger partial charge in [0.05, 0.1) is 10.9 Å². The van der Waals surface area contributed by atoms with E-state index in [1.807, 2.05) is 48.9 Å². The van der Waals surface area contributed by atoms with E-state index in [1.165, 1.54) is 12.4 Å². The fourth-order valence-corrected chi connectivity index (χ4v) is 6.86. The van der Waals surface area contributed by atoms with E-state index in [4.69, 9.17) is 25.7 Å². The van der Waals surface area contributed by atoms with Crippen LogP contribution in [0.15, 0.2) is 42.9 Å². The van der Waals surface area contributed by atoms with Crippen LogP contribution in [0.1, 0.15) is 45.4 Å². The Labute approximate surface area is 212 Å². The molecule has 2 aliphatic heterocycles. The number of nitrogen functional groups attached to an aromatic ring is 2. The van der Waals surface area contributed by atoms with Gasteiger partial charge in [0.2, 0.25) is 0 Å². The van der Waals surface area contributed by atoms with Gasteiger partial charge in [-0.2, -0.15) is 0 Å². The predicted octanol–water partition coefficient (Wildman–Crippen LogP) is 4.11. The molecule has 1 saturated carbocycles. The van der Waals surface area contributed by atoms with Gasteiger partial charge in [0.1, 0.15) is 35.1 Å². The zero-order chi connectivity index (χ0) is 25.7. The number of hydrogen-bond acceptors (Lipinski definition) is 8. The molecule has 1 aromatic carbocycles. The zero-order valence-electron chi connectivity index (χ0n) is 20.9. The highest BCUT2D eigenvalue weighted by atomic mass is 19.1. The van der Waals surface area contributed by atoms with Gasteiger partial charge >= 0.3 is 0 Å². The SMILES string of the molecule is CC1(C)O[C@H]2[C@H](n3ccc4c(N)ncnc43)O[C@]3(C)[C@H](Cc4ccc5cc(F)c(N)nc5c4)CC[C@]23O1. The topological polar surface area (TPSA) is 123 Å². The van der Waals surface area contributed by atoms with Gasteiger partial charge in [-0.05, 0) is 69.7 Å². The highest BCUT2D eigenvalue weighted by Crippen LogP contribution is 2.64. The average molecular weight is 505 g/mol. The molecular weight excluding hydrogens is 475 g/mol. The van der Waals surface area contributed by atoms with Crippen molar-refractivity contribution in [1.29, 1.82) is 0 Å². The van der Waals surface area contributed by atoms with Crippen molar-refractivity contribution < 1.29 is 18.6 Å². The lowest BCUT2D eigenvalue weighted by atomic mass is 9.78. The minimum absolute atomic E-state index is 0.0941. The van der Waals surface area contributed by atoms with E-state index >= 15 is 0 Å². The summed E-state index contributed by atoms with van der Waals surface area (Å²) >= 11 is 0. The van der Waals surface area contributed by atoms with Gasteiger partial charge in [-0.3, -0.25) is 0 Å². The largest absolute Gasteiger partial charge is 0.383 e. The first-order chi connectivity index (χ1) is 17.6. The van der Waals surface area contributed by atoms with Crippen molar-refractivity contribution in [2.75, 3.05) is 11.5 Å². The van der Waals surface area contributed by atoms with Crippen molar-refractivity contribution in [2.45, 2.75) is 69.4 Å². The van der Waals surface area contributed by atoms with Gasteiger partial charge in [0.15, 0.2) is 23.7 Å². The second-order valence-electron chi connectivity index (χ2n) is 11.1. The molecule has 0 amide bonds. The molecule has 10 heteroatoms. The first-order valence-corrected chi connectivity index (χ1v) is 12.6. The number of pyridine rings is 1. The van der Waals surface area contributed by atoms with Crippen molar-refractivity contribution in [2.24, 2.45) is 5.92 Å². The van der Waals surface area contributed by atoms with E-state index in [-0.39, 0.29) is 17.8 Å². The lowest BCUT2D eigenvalue weighted by Gasteiger charge is -2.39. The molecule has 4 N–H and O–H groups in total. The molecule has 37 heavy (non-hydrogen) atoms. The number of ether oxygens (including phenoxy) is 3. The number of anilines is 2. The highest BCUT2D eigenvalue weighted by Gasteiger charge is 2.75. The molecular formula is C27H29FN6O3. The molecule has 0 unspecified atom stereocenters. The second kappa shape index (κ2) is 7.37. The molecule has 7 rings (SSSR count). The van der Waals surface area contributed by atoms with E-state index in [9.17, 15) is 4.39 Å². The summed E-state index contributed by atoms with van der Waals surface area (Å²) < 4.78 is 36.1. The minimum Gasteiger partial charge on any atom is -0.383 e. The first kappa shape index (κ1) is 22.8. The van der Waals surface area contributed by atoms with Gasteiger partial charge in [-0.1, -0.05) is 12.1 Å². The lowest BCUT2D eigenvalue weighted by molar-refractivity contribution is -0.237. The number of fused-ring (bicyclic) bond motifs is 2. The van der Waals surface area contributed by atoms with Crippen LogP contribution in [0.2, 0.25) is 0 Å². The Morgan fingerprint density at radius 1 is 1.08 bits per heavy atom. The van der Waals surface area contributed by atoms with Gasteiger partial charge in [0, 0.05) is 11.6 Å². The lowest BCUT2D eigenvalue weighted by Crippen LogP contribution is -2.53. The number of rotatable bonds is 3. The van der Waals surface area contributed by atoms with Crippen LogP contribution in [0.25, 0.3) is 21.9 Å². The minimum atomic E-state index is -0.756. The summed E-state index contributed by atoms with van der Waals surface area (Å²) in [6.07, 6.45) is 5.09. The third-order valence-corrected chi connectivity index (χ3v) is 8.57. The highest BCUT2D eigenvalue weighted by molar-refractivity contribution is 5.86. The van der Waals surface area contributed by atoms with Crippen LogP contribution in [-0.2, 0) is 20.6 Å². The summed E-state index contributed by atoms with van der Waals surface area (Å²) in [5, 5.41) is 1.49. The van der Waals surface area contributed by atoms with E-state index in [0.29, 0.717) is 17.0 Å². The molecule has 3 fully saturated rings. The zero-order valence-corrected chi connectivity index (χ0v) is 20.9. The Morgan fingerprint density at radius 3 is 2.76 bits per heavy atom. The molecule has 0 radical (unpaired) electrons. The molecule has 4 aromatic rings. The standard InChI is InChI=1S/C27H29FN6O3/c1-25(2)35-20-24(34-9-7-17-21(29)31-13-32-23(17)34)36-26(3)16(6-8-27(20,26)37-25)10-14-4-5-15-12-18(28)22(30)33-19(15)11-14/h4-5,7,9,11-13,16,20,24H,6,8,10H2,1-3H3,(H2,30,33)(H2,29,31,32)/t16-,20-,24+,26+,27-/m0/s1. The Morgan fingerprint density at radius 2 is 1.92 bits per heavy atom. The third-order valence-electron chi connectivity index (χ3n) is 8.57. The maximum Gasteiger partial charge on any atom is 0.165 e. The van der Waals surface area contributed by atoms with Crippen LogP contribution in [0, 0.1) is 11.7 Å². The molecule has 2 saturated heterocycles. The number of hydrogen-bond donors (Lipinski definition) is 2. The van der Waals surface area contributed by atoms with Crippen molar-refractivity contribution in [3.8, 4) is 0 Å². The molecule has 192 valence electrons. The summed E-state index contributed by atoms with van der Waals surface area (Å²) in [6.45, 7) is 6.05. The monoisotopic (exact) mass is 504 g/mol. The van der Waals surface area contributed by atoms with Gasteiger partial charge in [0.25, 0.3) is 0 Å². The molecule has 1 spiro atoms. The molecule has 5 heterocycles. The molecule has 9 nitrogen and oxygen atoms in total. The fourth-order valence-electron chi connectivity index (χ4n) is 6.86. The van der Waals surface area contributed by atoms with Crippen molar-refractivity contribution in [1.82, 2.24) is 19.5 Å². The van der Waals surface area contributed by atoms with Gasteiger partial charge < -0.3 is 30.2 Å². The summed E-state index contributed by atoms with van der Waals surface area (Å²) in [5.74, 6) is -0.783. The van der Waals surface area contributed by atoms with Crippen LogP contribution in [0.4, 0.5) is 16.0 Å². The van der Waals surface area contributed by atoms with E-state index < -0.39 is 29.0 Å². The summed E-state index contributed by atoms with van der Waals surface area (Å²) in [7, 11) is 0. The Balaban J connectivity index is 1.28. The Kier molecular flexibility index (Phi) is 4.55. The van der Waals surface area contributed by atoms with Crippen LogP contribution in [0.3, 0.4) is 0 Å². The smallest absolute Gasteiger partial charge is 0.165 e. The Hall–Kier alpha value is -3.34. The quantitative estimate of drug-likeness (QED) is 0.427. The summed E-state index contributed by atoms with van der Waals surface area (Å²) in [5.41, 5.74) is 13.0. The molecule has 3 aromatic heterocycles. The summed E-state index contributed by atoms with van der Waals surface area (Å²) in [6, 6.07) is 9.23. The van der Waals surface area contributed by atoms with Gasteiger partial charge in [-0.15, -0.1) is 0 Å². The number of halogens is 1. The number of benzene rings is 1. The molecule has 5 atom stereocenters. The van der Waals surface area contributed by atoms with E-state index in [2.05, 4.69) is 21.9 Å². The normalized spacial score (nSPS) is 32.3. The molecule has 1 aliphatic carbocycles. The van der Waals surface area contributed by atoms with Crippen molar-refractivity contribution >= 4 is 33.6 Å². The second-order valence-corrected chi connectivity index (χ2v) is 11.1. The first-order valence-electron chi connectivity index (χ1n) is 12.6. The number of aromatic nitrogens is 4. The van der Waals surface area contributed by atoms with Crippen LogP contribution in [-0.4, -0.2) is 42.6 Å². The Bertz CT molecular complexity index is 1570. The molecule has 3 aliphatic rings. The maximum atomic E-state index is 13.9. The van der Waals surface area contributed by atoms with E-state index in [1.54, 1.807) is 0 Å². The summed E-state index contributed by atoms with van der Waals surface area (Å²) in [4.78, 5) is 12.9. The fraction of sp³-hybridized carbons (Fsp3) is 0.444. The van der Waals surface area contributed by atoms with Crippen molar-refractivity contribution in [3.05, 3.63) is 54.2 Å². The van der Waals surface area contributed by atoms with Crippen LogP contribution >= 0.6 is 0 Å². The molecule has 0 bridgehead atoms. The maximum absolute atomic E-state index is 13.9. The number of nitrogens with two attached hydrogens (primary N) is 2. The van der Waals surface area contributed by atoms with Crippen LogP contribution in [0.5, 0.6) is 0 Å². The van der Waals surface area contributed by atoms with Crippen LogP contribution < -0.4 is 11.5 Å². The number of nitrogens with zero attached hydrogens (tertiary/aromatic N) is 4. The predicted molar refractivity (Wildman–Crippen MR) is 136 cm³/mol.